The molecule has 1 atom stereocenters. The van der Waals surface area contributed by atoms with Crippen LogP contribution in [0.1, 0.15) is 36.7 Å². The fourth-order valence-electron chi connectivity index (χ4n) is 2.69. The molecule has 2 aromatic carbocycles. The molecule has 2 rings (SSSR count). The van der Waals surface area contributed by atoms with E-state index in [4.69, 9.17) is 4.74 Å². The Morgan fingerprint density at radius 3 is 2.21 bits per heavy atom. The molecule has 0 aromatic heterocycles. The summed E-state index contributed by atoms with van der Waals surface area (Å²) < 4.78 is 5.96. The van der Waals surface area contributed by atoms with Gasteiger partial charge in [0.05, 0.1) is 5.56 Å². The van der Waals surface area contributed by atoms with Crippen LogP contribution < -0.4 is 4.74 Å². The van der Waals surface area contributed by atoms with Gasteiger partial charge in [-0.1, -0.05) is 56.3 Å². The molecule has 3 nitrogen and oxygen atoms in total. The molecule has 0 aliphatic carbocycles. The van der Waals surface area contributed by atoms with Gasteiger partial charge in [0.15, 0.2) is 5.78 Å². The average Bonchev–Trinajstić information content (AvgIpc) is 2.61. The van der Waals surface area contributed by atoms with E-state index in [-0.39, 0.29) is 18.2 Å². The number of nitrogens with zero attached hydrogens (tertiary/aromatic N) is 1. The summed E-state index contributed by atoms with van der Waals surface area (Å²) in [6.45, 7) is 8.99. The summed E-state index contributed by atoms with van der Waals surface area (Å²) in [5.74, 6) is 0.650. The minimum Gasteiger partial charge on any atom is -0.491 e. The van der Waals surface area contributed by atoms with E-state index in [1.54, 1.807) is 0 Å². The molecule has 0 saturated heterocycles. The van der Waals surface area contributed by atoms with Crippen LogP contribution in [-0.4, -0.2) is 36.4 Å². The van der Waals surface area contributed by atoms with Crippen LogP contribution in [0.5, 0.6) is 5.75 Å². The third kappa shape index (κ3) is 5.08. The molecule has 2 aromatic rings. The first kappa shape index (κ1) is 20.2. The van der Waals surface area contributed by atoms with Crippen molar-refractivity contribution in [2.75, 3.05) is 19.7 Å². The van der Waals surface area contributed by atoms with Gasteiger partial charge in [-0.3, -0.25) is 9.69 Å². The van der Waals surface area contributed by atoms with Gasteiger partial charge in [-0.15, -0.1) is 12.4 Å². The molecule has 0 bridgehead atoms. The zero-order chi connectivity index (χ0) is 16.7. The number of para-hydroxylation sites is 1. The number of halogens is 1. The summed E-state index contributed by atoms with van der Waals surface area (Å²) in [7, 11) is 0. The highest BCUT2D eigenvalue weighted by Gasteiger charge is 2.16. The number of benzene rings is 2. The Bertz CT molecular complexity index is 627. The van der Waals surface area contributed by atoms with Gasteiger partial charge in [0.1, 0.15) is 12.4 Å². The van der Waals surface area contributed by atoms with E-state index in [0.717, 1.165) is 13.1 Å². The van der Waals surface area contributed by atoms with Gasteiger partial charge in [-0.05, 0) is 32.1 Å². The Morgan fingerprint density at radius 2 is 1.58 bits per heavy atom. The lowest BCUT2D eigenvalue weighted by atomic mass is 10.0. The summed E-state index contributed by atoms with van der Waals surface area (Å²) in [5.41, 5.74) is 1.30. The number of rotatable bonds is 8. The normalized spacial score (nSPS) is 11.7. The van der Waals surface area contributed by atoms with Gasteiger partial charge in [0.2, 0.25) is 0 Å². The van der Waals surface area contributed by atoms with Crippen molar-refractivity contribution in [2.45, 2.75) is 26.8 Å². The summed E-state index contributed by atoms with van der Waals surface area (Å²) in [6.07, 6.45) is 0. The van der Waals surface area contributed by atoms with Crippen LogP contribution in [-0.2, 0) is 0 Å². The monoisotopic (exact) mass is 347 g/mol. The topological polar surface area (TPSA) is 29.5 Å². The van der Waals surface area contributed by atoms with E-state index in [9.17, 15) is 4.79 Å². The van der Waals surface area contributed by atoms with Gasteiger partial charge in [-0.25, -0.2) is 0 Å². The Kier molecular flexibility index (Phi) is 8.51. The van der Waals surface area contributed by atoms with Crippen molar-refractivity contribution in [2.24, 2.45) is 0 Å². The number of hydrogen-bond donors (Lipinski definition) is 0. The van der Waals surface area contributed by atoms with Crippen molar-refractivity contribution in [3.05, 3.63) is 65.7 Å². The Labute approximate surface area is 151 Å². The van der Waals surface area contributed by atoms with E-state index in [0.29, 0.717) is 29.5 Å². The number of ether oxygens (including phenoxy) is 1. The summed E-state index contributed by atoms with van der Waals surface area (Å²) in [4.78, 5) is 15.0. The van der Waals surface area contributed by atoms with E-state index in [1.165, 1.54) is 0 Å². The molecule has 0 aliphatic heterocycles. The highest BCUT2D eigenvalue weighted by atomic mass is 35.5. The third-order valence-electron chi connectivity index (χ3n) is 4.08. The molecule has 0 saturated carbocycles. The van der Waals surface area contributed by atoms with Crippen molar-refractivity contribution in [1.82, 2.24) is 4.90 Å². The standard InChI is InChI=1S/C20H25NO2.ClH/c1-4-21(5-2)16(3)15-23-19-14-10-9-13-18(19)20(22)17-11-7-6-8-12-17;/h6-14,16H,4-5,15H2,1-3H3;1H. The van der Waals surface area contributed by atoms with E-state index < -0.39 is 0 Å². The van der Waals surface area contributed by atoms with Crippen LogP contribution in [0.15, 0.2) is 54.6 Å². The van der Waals surface area contributed by atoms with Crippen LogP contribution >= 0.6 is 12.4 Å². The second-order valence-electron chi connectivity index (χ2n) is 5.57. The SMILES string of the molecule is CCN(CC)C(C)COc1ccccc1C(=O)c1ccccc1.Cl. The zero-order valence-electron chi connectivity index (χ0n) is 14.6. The third-order valence-corrected chi connectivity index (χ3v) is 4.08. The number of carbonyl (C=O) groups excluding carboxylic acids is 1. The molecule has 0 fully saturated rings. The molecule has 4 heteroatoms. The molecular formula is C20H26ClNO2. The molecule has 0 amide bonds. The molecule has 0 spiro atoms. The largest absolute Gasteiger partial charge is 0.491 e. The first-order chi connectivity index (χ1) is 11.2. The highest BCUT2D eigenvalue weighted by Crippen LogP contribution is 2.22. The van der Waals surface area contributed by atoms with Gasteiger partial charge < -0.3 is 4.74 Å². The predicted molar refractivity (Wildman–Crippen MR) is 101 cm³/mol. The van der Waals surface area contributed by atoms with E-state index in [2.05, 4.69) is 25.7 Å². The minimum atomic E-state index is -0.00306. The van der Waals surface area contributed by atoms with Crippen LogP contribution in [0.4, 0.5) is 0 Å². The number of hydrogen-bond acceptors (Lipinski definition) is 3. The minimum absolute atomic E-state index is 0. The average molecular weight is 348 g/mol. The molecule has 0 radical (unpaired) electrons. The van der Waals surface area contributed by atoms with Crippen molar-refractivity contribution in [3.63, 3.8) is 0 Å². The quantitative estimate of drug-likeness (QED) is 0.661. The maximum Gasteiger partial charge on any atom is 0.196 e. The molecule has 0 N–H and O–H groups in total. The molecular weight excluding hydrogens is 322 g/mol. The summed E-state index contributed by atoms with van der Waals surface area (Å²) in [6, 6.07) is 17.1. The lowest BCUT2D eigenvalue weighted by Crippen LogP contribution is -2.37. The Morgan fingerprint density at radius 1 is 1.00 bits per heavy atom. The maximum atomic E-state index is 12.7. The first-order valence-electron chi connectivity index (χ1n) is 8.23. The van der Waals surface area contributed by atoms with E-state index in [1.807, 2.05) is 54.6 Å². The lowest BCUT2D eigenvalue weighted by molar-refractivity contribution is 0.103. The van der Waals surface area contributed by atoms with Crippen LogP contribution in [0.2, 0.25) is 0 Å². The summed E-state index contributed by atoms with van der Waals surface area (Å²) >= 11 is 0. The second kappa shape index (κ2) is 10.1. The molecule has 0 aliphatic rings. The summed E-state index contributed by atoms with van der Waals surface area (Å²) in [5, 5.41) is 0. The second-order valence-corrected chi connectivity index (χ2v) is 5.57. The van der Waals surface area contributed by atoms with Crippen molar-refractivity contribution in [1.29, 1.82) is 0 Å². The maximum absolute atomic E-state index is 12.7. The van der Waals surface area contributed by atoms with Crippen LogP contribution in [0.3, 0.4) is 0 Å². The first-order valence-corrected chi connectivity index (χ1v) is 8.23. The molecule has 0 heterocycles. The number of ketones is 1. The fourth-order valence-corrected chi connectivity index (χ4v) is 2.69. The van der Waals surface area contributed by atoms with Crippen molar-refractivity contribution >= 4 is 18.2 Å². The predicted octanol–water partition coefficient (Wildman–Crippen LogP) is 4.45. The van der Waals surface area contributed by atoms with Crippen molar-refractivity contribution in [3.8, 4) is 5.75 Å². The number of carbonyl (C=O) groups is 1. The fraction of sp³-hybridized carbons (Fsp3) is 0.350. The molecule has 24 heavy (non-hydrogen) atoms. The van der Waals surface area contributed by atoms with E-state index >= 15 is 0 Å². The molecule has 130 valence electrons. The van der Waals surface area contributed by atoms with Gasteiger partial charge in [-0.2, -0.15) is 0 Å². The van der Waals surface area contributed by atoms with Crippen LogP contribution in [0.25, 0.3) is 0 Å². The zero-order valence-corrected chi connectivity index (χ0v) is 15.4. The smallest absolute Gasteiger partial charge is 0.196 e. The number of likely N-dealkylation sites (N-methyl/N-ethyl adjacent to an activating group) is 1. The van der Waals surface area contributed by atoms with Gasteiger partial charge in [0.25, 0.3) is 0 Å². The van der Waals surface area contributed by atoms with Crippen molar-refractivity contribution < 1.29 is 9.53 Å². The van der Waals surface area contributed by atoms with Gasteiger partial charge in [0, 0.05) is 11.6 Å². The Hall–Kier alpha value is -1.84. The van der Waals surface area contributed by atoms with Crippen LogP contribution in [0, 0.1) is 0 Å². The Balaban J connectivity index is 0.00000288. The highest BCUT2D eigenvalue weighted by molar-refractivity contribution is 6.10. The van der Waals surface area contributed by atoms with Gasteiger partial charge >= 0.3 is 0 Å². The molecule has 1 unspecified atom stereocenters. The lowest BCUT2D eigenvalue weighted by Gasteiger charge is -2.26.